The molecule has 0 radical (unpaired) electrons. The molecule has 0 saturated heterocycles. The van der Waals surface area contributed by atoms with Crippen LogP contribution in [0.4, 0.5) is 19.1 Å². The van der Waals surface area contributed by atoms with Crippen LogP contribution in [0.1, 0.15) is 49.3 Å². The summed E-state index contributed by atoms with van der Waals surface area (Å²) in [6, 6.07) is 3.45. The van der Waals surface area contributed by atoms with Crippen LogP contribution in [0.2, 0.25) is 0 Å². The minimum atomic E-state index is -4.53. The quantitative estimate of drug-likeness (QED) is 0.823. The van der Waals surface area contributed by atoms with Crippen LogP contribution in [0, 0.1) is 6.92 Å². The summed E-state index contributed by atoms with van der Waals surface area (Å²) in [4.78, 5) is 35.3. The highest BCUT2D eigenvalue weighted by Crippen LogP contribution is 2.30. The van der Waals surface area contributed by atoms with Gasteiger partial charge in [0.25, 0.3) is 11.8 Å². The molecule has 25 heavy (non-hydrogen) atoms. The summed E-state index contributed by atoms with van der Waals surface area (Å²) in [6.07, 6.45) is -4.53. The van der Waals surface area contributed by atoms with Crippen LogP contribution in [0.5, 0.6) is 0 Å². The molecule has 6 nitrogen and oxygen atoms in total. The number of alkyl halides is 3. The first-order valence-corrected chi connectivity index (χ1v) is 6.95. The van der Waals surface area contributed by atoms with Gasteiger partial charge in [-0.05, 0) is 38.1 Å². The van der Waals surface area contributed by atoms with E-state index < -0.39 is 29.3 Å². The maximum Gasteiger partial charge on any atom is 0.416 e. The predicted octanol–water partition coefficient (Wildman–Crippen LogP) is 3.16. The van der Waals surface area contributed by atoms with E-state index in [-0.39, 0.29) is 28.3 Å². The molecule has 0 saturated carbocycles. The number of nitrogens with one attached hydrogen (secondary N) is 1. The van der Waals surface area contributed by atoms with Crippen molar-refractivity contribution in [3.05, 3.63) is 52.3 Å². The molecule has 0 bridgehead atoms. The number of benzene rings is 1. The van der Waals surface area contributed by atoms with E-state index in [1.807, 2.05) is 0 Å². The lowest BCUT2D eigenvalue weighted by molar-refractivity contribution is -0.137. The van der Waals surface area contributed by atoms with E-state index in [1.54, 1.807) is 0 Å². The summed E-state index contributed by atoms with van der Waals surface area (Å²) in [6.45, 7) is 2.61. The molecule has 1 heterocycles. The summed E-state index contributed by atoms with van der Waals surface area (Å²) in [5.74, 6) is -2.53. The fraction of sp³-hybridized carbons (Fsp3) is 0.188. The second-order valence-corrected chi connectivity index (χ2v) is 5.19. The number of rotatable bonds is 4. The van der Waals surface area contributed by atoms with Gasteiger partial charge < -0.3 is 10.2 Å². The van der Waals surface area contributed by atoms with Gasteiger partial charge in [0.15, 0.2) is 5.78 Å². The number of aryl methyl sites for hydroxylation is 1. The maximum atomic E-state index is 12.5. The number of anilines is 1. The molecule has 0 unspecified atom stereocenters. The van der Waals surface area contributed by atoms with Crippen LogP contribution < -0.4 is 11.1 Å². The number of primary amides is 1. The predicted molar refractivity (Wildman–Crippen MR) is 81.4 cm³/mol. The third-order valence-corrected chi connectivity index (χ3v) is 3.38. The molecule has 9 heteroatoms. The number of hydrogen-bond donors (Lipinski definition) is 2. The molecule has 2 aromatic rings. The highest BCUT2D eigenvalue weighted by Gasteiger charge is 2.30. The van der Waals surface area contributed by atoms with Crippen molar-refractivity contribution in [2.45, 2.75) is 20.0 Å². The van der Waals surface area contributed by atoms with E-state index in [2.05, 4.69) is 5.32 Å². The molecule has 2 amide bonds. The Kier molecular flexibility index (Phi) is 4.69. The number of carbonyl (C=O) groups excluding carboxylic acids is 3. The first kappa shape index (κ1) is 18.2. The normalized spacial score (nSPS) is 11.2. The summed E-state index contributed by atoms with van der Waals surface area (Å²) in [7, 11) is 0. The Morgan fingerprint density at radius 1 is 1.08 bits per heavy atom. The average molecular weight is 354 g/mol. The Hall–Kier alpha value is -3.10. The number of hydrogen-bond acceptors (Lipinski definition) is 4. The molecule has 0 fully saturated rings. The number of nitrogens with two attached hydrogens (primary N) is 1. The SMILES string of the molecule is CC(=O)c1c(C)oc(NC(=O)c2ccc(C(F)(F)F)cc2)c1C(N)=O. The molecule has 0 aliphatic heterocycles. The van der Waals surface area contributed by atoms with Crippen LogP contribution in [0.3, 0.4) is 0 Å². The van der Waals surface area contributed by atoms with Crippen LogP contribution in [-0.4, -0.2) is 17.6 Å². The Morgan fingerprint density at radius 3 is 2.08 bits per heavy atom. The van der Waals surface area contributed by atoms with Gasteiger partial charge in [-0.3, -0.25) is 19.7 Å². The number of carbonyl (C=O) groups is 3. The van der Waals surface area contributed by atoms with E-state index in [4.69, 9.17) is 10.2 Å². The molecule has 3 N–H and O–H groups in total. The lowest BCUT2D eigenvalue weighted by Crippen LogP contribution is -2.19. The van der Waals surface area contributed by atoms with E-state index >= 15 is 0 Å². The third kappa shape index (κ3) is 3.70. The monoisotopic (exact) mass is 354 g/mol. The molecule has 0 spiro atoms. The lowest BCUT2D eigenvalue weighted by atomic mass is 10.1. The smallest absolute Gasteiger partial charge is 0.416 e. The van der Waals surface area contributed by atoms with Gasteiger partial charge in [0.2, 0.25) is 5.88 Å². The molecule has 0 atom stereocenters. The standard InChI is InChI=1S/C16H13F3N2O4/c1-7(22)11-8(2)25-15(12(11)13(20)23)21-14(24)9-3-5-10(6-4-9)16(17,18)19/h3-6H,1-2H3,(H2,20,23)(H,21,24). The third-order valence-electron chi connectivity index (χ3n) is 3.38. The zero-order valence-electron chi connectivity index (χ0n) is 13.2. The number of Topliss-reactive ketones (excluding diaryl/α,β-unsaturated/α-hetero) is 1. The molecule has 0 aliphatic carbocycles. The first-order valence-electron chi connectivity index (χ1n) is 6.95. The zero-order valence-corrected chi connectivity index (χ0v) is 13.2. The van der Waals surface area contributed by atoms with Crippen LogP contribution in [-0.2, 0) is 6.18 Å². The Bertz CT molecular complexity index is 852. The van der Waals surface area contributed by atoms with Crippen molar-refractivity contribution in [2.24, 2.45) is 5.73 Å². The minimum absolute atomic E-state index is 0.0600. The van der Waals surface area contributed by atoms with Gasteiger partial charge in [-0.25, -0.2) is 0 Å². The van der Waals surface area contributed by atoms with Crippen LogP contribution >= 0.6 is 0 Å². The number of furan rings is 1. The van der Waals surface area contributed by atoms with Gasteiger partial charge >= 0.3 is 6.18 Å². The van der Waals surface area contributed by atoms with E-state index in [9.17, 15) is 27.6 Å². The Balaban J connectivity index is 2.34. The van der Waals surface area contributed by atoms with Crippen molar-refractivity contribution >= 4 is 23.5 Å². The largest absolute Gasteiger partial charge is 0.444 e. The highest BCUT2D eigenvalue weighted by molar-refractivity contribution is 6.13. The van der Waals surface area contributed by atoms with Gasteiger partial charge in [0, 0.05) is 5.56 Å². The summed E-state index contributed by atoms with van der Waals surface area (Å²) in [5.41, 5.74) is 3.87. The van der Waals surface area contributed by atoms with Gasteiger partial charge in [-0.1, -0.05) is 0 Å². The zero-order chi connectivity index (χ0) is 18.9. The number of amides is 2. The Labute approximate surface area is 139 Å². The van der Waals surface area contributed by atoms with Gasteiger partial charge in [-0.2, -0.15) is 13.2 Å². The maximum absolute atomic E-state index is 12.5. The molecular weight excluding hydrogens is 341 g/mol. The highest BCUT2D eigenvalue weighted by atomic mass is 19.4. The van der Waals surface area contributed by atoms with E-state index in [0.29, 0.717) is 0 Å². The van der Waals surface area contributed by atoms with Crippen LogP contribution in [0.25, 0.3) is 0 Å². The topological polar surface area (TPSA) is 102 Å². The molecule has 0 aliphatic rings. The fourth-order valence-electron chi connectivity index (χ4n) is 2.28. The first-order chi connectivity index (χ1) is 11.5. The van der Waals surface area contributed by atoms with Gasteiger partial charge in [0.1, 0.15) is 11.3 Å². The molecule has 132 valence electrons. The van der Waals surface area contributed by atoms with Crippen molar-refractivity contribution in [1.29, 1.82) is 0 Å². The van der Waals surface area contributed by atoms with Gasteiger partial charge in [-0.15, -0.1) is 0 Å². The van der Waals surface area contributed by atoms with Crippen LogP contribution in [0.15, 0.2) is 28.7 Å². The van der Waals surface area contributed by atoms with Crippen molar-refractivity contribution in [3.63, 3.8) is 0 Å². The second kappa shape index (κ2) is 6.42. The summed E-state index contributed by atoms with van der Waals surface area (Å²) >= 11 is 0. The summed E-state index contributed by atoms with van der Waals surface area (Å²) < 4.78 is 42.8. The minimum Gasteiger partial charge on any atom is -0.444 e. The Morgan fingerprint density at radius 2 is 1.64 bits per heavy atom. The summed E-state index contributed by atoms with van der Waals surface area (Å²) in [5, 5.41) is 2.24. The fourth-order valence-corrected chi connectivity index (χ4v) is 2.28. The average Bonchev–Trinajstić information content (AvgIpc) is 2.83. The molecule has 1 aromatic carbocycles. The molecule has 1 aromatic heterocycles. The van der Waals surface area contributed by atoms with Crippen molar-refractivity contribution in [3.8, 4) is 0 Å². The molecular formula is C16H13F3N2O4. The van der Waals surface area contributed by atoms with Gasteiger partial charge in [0.05, 0.1) is 11.1 Å². The second-order valence-electron chi connectivity index (χ2n) is 5.19. The van der Waals surface area contributed by atoms with E-state index in [0.717, 1.165) is 24.3 Å². The van der Waals surface area contributed by atoms with Crippen molar-refractivity contribution in [2.75, 3.05) is 5.32 Å². The van der Waals surface area contributed by atoms with Crippen molar-refractivity contribution < 1.29 is 32.0 Å². The number of ketones is 1. The van der Waals surface area contributed by atoms with Crippen molar-refractivity contribution in [1.82, 2.24) is 0 Å². The number of halogens is 3. The lowest BCUT2D eigenvalue weighted by Gasteiger charge is -2.08. The molecule has 2 rings (SSSR count). The van der Waals surface area contributed by atoms with E-state index in [1.165, 1.54) is 13.8 Å².